The van der Waals surface area contributed by atoms with Crippen LogP contribution in [0, 0.1) is 5.92 Å². The summed E-state index contributed by atoms with van der Waals surface area (Å²) in [6, 6.07) is 33.8. The maximum Gasteiger partial charge on any atom is 0.0566 e. The van der Waals surface area contributed by atoms with Crippen molar-refractivity contribution < 1.29 is 0 Å². The average molecular weight is 398 g/mol. The van der Waals surface area contributed by atoms with Crippen molar-refractivity contribution in [1.82, 2.24) is 0 Å². The highest BCUT2D eigenvalue weighted by molar-refractivity contribution is 6.04. The molecule has 7 rings (SSSR count). The van der Waals surface area contributed by atoms with Gasteiger partial charge in [-0.3, -0.25) is 0 Å². The number of benzene rings is 5. The molecular weight excluding hydrogens is 374 g/mol. The SMILES string of the molecule is C1=C[C@H]2c3ccc4ccccc4c3N[C@@H](c3c4ccccc4cc4ccccc34)[C@H]2C1. The van der Waals surface area contributed by atoms with Gasteiger partial charge in [0.2, 0.25) is 0 Å². The Labute approximate surface area is 182 Å². The summed E-state index contributed by atoms with van der Waals surface area (Å²) in [4.78, 5) is 0. The Morgan fingerprint density at radius 3 is 2.03 bits per heavy atom. The van der Waals surface area contributed by atoms with Gasteiger partial charge in [0, 0.05) is 17.0 Å². The highest BCUT2D eigenvalue weighted by atomic mass is 15.0. The van der Waals surface area contributed by atoms with Crippen LogP contribution in [0.3, 0.4) is 0 Å². The highest BCUT2D eigenvalue weighted by Crippen LogP contribution is 2.53. The summed E-state index contributed by atoms with van der Waals surface area (Å²) in [5.74, 6) is 0.992. The average Bonchev–Trinajstić information content (AvgIpc) is 3.32. The molecule has 1 N–H and O–H groups in total. The van der Waals surface area contributed by atoms with E-state index in [1.807, 2.05) is 0 Å². The lowest BCUT2D eigenvalue weighted by atomic mass is 9.74. The second kappa shape index (κ2) is 6.46. The summed E-state index contributed by atoms with van der Waals surface area (Å²) in [6.45, 7) is 0. The number of hydrogen-bond acceptors (Lipinski definition) is 1. The van der Waals surface area contributed by atoms with E-state index in [9.17, 15) is 0 Å². The summed E-state index contributed by atoms with van der Waals surface area (Å²) in [7, 11) is 0. The second-order valence-corrected chi connectivity index (χ2v) is 8.96. The maximum atomic E-state index is 4.07. The Hall–Kier alpha value is -3.58. The first-order chi connectivity index (χ1) is 15.4. The van der Waals surface area contributed by atoms with Gasteiger partial charge in [-0.05, 0) is 56.5 Å². The summed E-state index contributed by atoms with van der Waals surface area (Å²) < 4.78 is 0. The molecule has 31 heavy (non-hydrogen) atoms. The Morgan fingerprint density at radius 2 is 1.29 bits per heavy atom. The third-order valence-corrected chi connectivity index (χ3v) is 7.39. The van der Waals surface area contributed by atoms with Crippen LogP contribution in [0.1, 0.15) is 29.5 Å². The van der Waals surface area contributed by atoms with Gasteiger partial charge in [0.1, 0.15) is 0 Å². The first kappa shape index (κ1) is 17.1. The van der Waals surface area contributed by atoms with Gasteiger partial charge in [0.25, 0.3) is 0 Å². The molecule has 0 aromatic heterocycles. The van der Waals surface area contributed by atoms with Crippen molar-refractivity contribution in [2.24, 2.45) is 5.92 Å². The molecule has 1 aliphatic heterocycles. The van der Waals surface area contributed by atoms with E-state index in [0.29, 0.717) is 11.8 Å². The Morgan fingerprint density at radius 1 is 0.645 bits per heavy atom. The Balaban J connectivity index is 1.54. The van der Waals surface area contributed by atoms with Crippen molar-refractivity contribution in [3.8, 4) is 0 Å². The quantitative estimate of drug-likeness (QED) is 0.223. The molecule has 0 radical (unpaired) electrons. The van der Waals surface area contributed by atoms with E-state index in [1.54, 1.807) is 0 Å². The molecule has 1 nitrogen and oxygen atoms in total. The monoisotopic (exact) mass is 397 g/mol. The summed E-state index contributed by atoms with van der Waals surface area (Å²) in [6.07, 6.45) is 5.95. The number of allylic oxidation sites excluding steroid dienone is 2. The third kappa shape index (κ3) is 2.44. The number of anilines is 1. The first-order valence-corrected chi connectivity index (χ1v) is 11.2. The Kier molecular flexibility index (Phi) is 3.57. The predicted molar refractivity (Wildman–Crippen MR) is 132 cm³/mol. The van der Waals surface area contributed by atoms with E-state index in [-0.39, 0.29) is 6.04 Å². The van der Waals surface area contributed by atoms with Crippen LogP contribution in [0.4, 0.5) is 5.69 Å². The van der Waals surface area contributed by atoms with Crippen LogP contribution in [0.2, 0.25) is 0 Å². The zero-order valence-corrected chi connectivity index (χ0v) is 17.3. The fourth-order valence-corrected chi connectivity index (χ4v) is 6.01. The molecule has 1 heterocycles. The molecule has 0 saturated carbocycles. The molecule has 0 spiro atoms. The van der Waals surface area contributed by atoms with Crippen molar-refractivity contribution in [3.63, 3.8) is 0 Å². The molecule has 2 aliphatic rings. The molecular formula is C30H23N. The number of nitrogens with one attached hydrogen (secondary N) is 1. The molecule has 0 unspecified atom stereocenters. The molecule has 0 bridgehead atoms. The van der Waals surface area contributed by atoms with Crippen molar-refractivity contribution in [3.05, 3.63) is 114 Å². The topological polar surface area (TPSA) is 12.0 Å². The van der Waals surface area contributed by atoms with Crippen LogP contribution in [0.25, 0.3) is 32.3 Å². The molecule has 5 aromatic carbocycles. The summed E-state index contributed by atoms with van der Waals surface area (Å²) in [5, 5.41) is 12.1. The minimum Gasteiger partial charge on any atom is -0.377 e. The fourth-order valence-electron chi connectivity index (χ4n) is 6.01. The van der Waals surface area contributed by atoms with Crippen molar-refractivity contribution in [2.45, 2.75) is 18.4 Å². The summed E-state index contributed by atoms with van der Waals surface area (Å²) in [5.41, 5.74) is 4.21. The van der Waals surface area contributed by atoms with E-state index in [4.69, 9.17) is 0 Å². The van der Waals surface area contributed by atoms with Gasteiger partial charge in [-0.15, -0.1) is 0 Å². The summed E-state index contributed by atoms with van der Waals surface area (Å²) >= 11 is 0. The highest BCUT2D eigenvalue weighted by Gasteiger charge is 2.39. The molecule has 1 aliphatic carbocycles. The van der Waals surface area contributed by atoms with Crippen LogP contribution < -0.4 is 5.32 Å². The standard InChI is InChI=1S/C30H23N/c1-6-13-24-19(8-1)16-17-27-25-14-7-15-26(25)30(31-29(24)27)28-22-11-4-2-9-20(22)18-21-10-3-5-12-23(21)28/h1-14,16-18,25-26,30-31H,15H2/t25-,26+,30-/m1/s1. The van der Waals surface area contributed by atoms with Crippen molar-refractivity contribution >= 4 is 38.0 Å². The van der Waals surface area contributed by atoms with Crippen LogP contribution in [0.15, 0.2) is 103 Å². The molecule has 148 valence electrons. The van der Waals surface area contributed by atoms with Gasteiger partial charge >= 0.3 is 0 Å². The van der Waals surface area contributed by atoms with E-state index >= 15 is 0 Å². The first-order valence-electron chi connectivity index (χ1n) is 11.2. The number of hydrogen-bond donors (Lipinski definition) is 1. The van der Waals surface area contributed by atoms with E-state index in [0.717, 1.165) is 6.42 Å². The van der Waals surface area contributed by atoms with Crippen LogP contribution in [-0.2, 0) is 0 Å². The third-order valence-electron chi connectivity index (χ3n) is 7.39. The van der Waals surface area contributed by atoms with Crippen LogP contribution >= 0.6 is 0 Å². The molecule has 3 atom stereocenters. The lowest BCUT2D eigenvalue weighted by Crippen LogP contribution is -2.29. The van der Waals surface area contributed by atoms with E-state index < -0.39 is 0 Å². The lowest BCUT2D eigenvalue weighted by Gasteiger charge is -2.39. The van der Waals surface area contributed by atoms with Crippen LogP contribution in [-0.4, -0.2) is 0 Å². The molecule has 0 saturated heterocycles. The minimum atomic E-state index is 0.273. The van der Waals surface area contributed by atoms with E-state index in [1.165, 1.54) is 49.1 Å². The fraction of sp³-hybridized carbons (Fsp3) is 0.133. The molecule has 0 fully saturated rings. The molecule has 5 aromatic rings. The smallest absolute Gasteiger partial charge is 0.0566 e. The van der Waals surface area contributed by atoms with Gasteiger partial charge in [-0.25, -0.2) is 0 Å². The largest absolute Gasteiger partial charge is 0.377 e. The van der Waals surface area contributed by atoms with Gasteiger partial charge < -0.3 is 5.32 Å². The molecule has 1 heteroatoms. The van der Waals surface area contributed by atoms with Gasteiger partial charge in [0.05, 0.1) is 6.04 Å². The predicted octanol–water partition coefficient (Wildman–Crippen LogP) is 7.97. The second-order valence-electron chi connectivity index (χ2n) is 8.96. The molecule has 0 amide bonds. The van der Waals surface area contributed by atoms with Gasteiger partial charge in [-0.1, -0.05) is 97.1 Å². The number of rotatable bonds is 1. The maximum absolute atomic E-state index is 4.07. The van der Waals surface area contributed by atoms with Gasteiger partial charge in [-0.2, -0.15) is 0 Å². The van der Waals surface area contributed by atoms with E-state index in [2.05, 4.69) is 108 Å². The normalized spacial score (nSPS) is 21.9. The van der Waals surface area contributed by atoms with Crippen molar-refractivity contribution in [1.29, 1.82) is 0 Å². The van der Waals surface area contributed by atoms with Crippen LogP contribution in [0.5, 0.6) is 0 Å². The zero-order valence-electron chi connectivity index (χ0n) is 17.3. The Bertz CT molecular complexity index is 1460. The van der Waals surface area contributed by atoms with Gasteiger partial charge in [0.15, 0.2) is 0 Å². The van der Waals surface area contributed by atoms with Crippen molar-refractivity contribution in [2.75, 3.05) is 5.32 Å². The lowest BCUT2D eigenvalue weighted by molar-refractivity contribution is 0.430. The number of fused-ring (bicyclic) bond motifs is 7. The zero-order chi connectivity index (χ0) is 20.4. The minimum absolute atomic E-state index is 0.273.